The van der Waals surface area contributed by atoms with Gasteiger partial charge in [-0.25, -0.2) is 14.2 Å². The number of ether oxygens (including phenoxy) is 1. The van der Waals surface area contributed by atoms with E-state index in [1.165, 1.54) is 18.4 Å². The Morgan fingerprint density at radius 3 is 2.36 bits per heavy atom. The molecule has 2 aromatic rings. The Kier molecular flexibility index (Phi) is 9.88. The molecular formula is C29H39FN4O5. The van der Waals surface area contributed by atoms with Crippen molar-refractivity contribution in [2.45, 2.75) is 79.4 Å². The molecule has 1 N–H and O–H groups in total. The van der Waals surface area contributed by atoms with Crippen molar-refractivity contribution >= 4 is 23.3 Å². The van der Waals surface area contributed by atoms with Crippen LogP contribution < -0.4 is 5.32 Å². The zero-order valence-corrected chi connectivity index (χ0v) is 23.8. The topological polar surface area (TPSA) is 106 Å². The second kappa shape index (κ2) is 12.9. The van der Waals surface area contributed by atoms with E-state index in [4.69, 9.17) is 14.0 Å². The van der Waals surface area contributed by atoms with Crippen LogP contribution in [0.3, 0.4) is 0 Å². The molecule has 1 fully saturated rings. The van der Waals surface area contributed by atoms with Crippen LogP contribution in [0.4, 0.5) is 9.18 Å². The number of allylic oxidation sites excluding steroid dienone is 2. The second-order valence-corrected chi connectivity index (χ2v) is 10.6. The van der Waals surface area contributed by atoms with Crippen molar-refractivity contribution in [1.29, 1.82) is 0 Å². The van der Waals surface area contributed by atoms with Crippen molar-refractivity contribution < 1.29 is 28.0 Å². The van der Waals surface area contributed by atoms with Crippen LogP contribution in [0.15, 0.2) is 45.9 Å². The number of hydrogen-bond acceptors (Lipinski definition) is 7. The van der Waals surface area contributed by atoms with Crippen LogP contribution >= 0.6 is 0 Å². The van der Waals surface area contributed by atoms with Gasteiger partial charge in [0.15, 0.2) is 5.69 Å². The van der Waals surface area contributed by atoms with Gasteiger partial charge in [0.05, 0.1) is 11.3 Å². The fourth-order valence-corrected chi connectivity index (χ4v) is 4.25. The minimum atomic E-state index is -0.563. The molecule has 2 aliphatic heterocycles. The van der Waals surface area contributed by atoms with E-state index in [1.54, 1.807) is 17.0 Å². The Bertz CT molecular complexity index is 1200. The van der Waals surface area contributed by atoms with Gasteiger partial charge >= 0.3 is 6.09 Å². The molecule has 1 aromatic heterocycles. The molecule has 10 heteroatoms. The summed E-state index contributed by atoms with van der Waals surface area (Å²) in [5, 5.41) is 7.13. The molecule has 9 nitrogen and oxygen atoms in total. The Balaban J connectivity index is 0.00000205. The highest BCUT2D eigenvalue weighted by Gasteiger charge is 2.34. The van der Waals surface area contributed by atoms with Gasteiger partial charge in [0.2, 0.25) is 5.89 Å². The Labute approximate surface area is 229 Å². The number of benzene rings is 1. The molecule has 0 aliphatic carbocycles. The number of carbonyl (C=O) groups is 2. The van der Waals surface area contributed by atoms with Crippen LogP contribution in [0.2, 0.25) is 0 Å². The molecule has 39 heavy (non-hydrogen) atoms. The fraction of sp³-hybridized carbons (Fsp3) is 0.517. The number of nitrogens with one attached hydrogen (secondary N) is 1. The average molecular weight is 543 g/mol. The summed E-state index contributed by atoms with van der Waals surface area (Å²) in [4.78, 5) is 37.0. The van der Waals surface area contributed by atoms with Crippen LogP contribution in [0.1, 0.15) is 89.7 Å². The predicted molar refractivity (Wildman–Crippen MR) is 147 cm³/mol. The number of amides is 2. The maximum absolute atomic E-state index is 13.5. The lowest BCUT2D eigenvalue weighted by molar-refractivity contribution is 0.0172. The first kappa shape index (κ1) is 29.9. The summed E-state index contributed by atoms with van der Waals surface area (Å²) >= 11 is 0. The second-order valence-electron chi connectivity index (χ2n) is 10.6. The highest BCUT2D eigenvalue weighted by molar-refractivity contribution is 6.06. The maximum atomic E-state index is 13.5. The molecule has 0 atom stereocenters. The lowest BCUT2D eigenvalue weighted by atomic mass is 9.89. The molecule has 0 saturated carbocycles. The van der Waals surface area contributed by atoms with Crippen LogP contribution in [-0.2, 0) is 9.57 Å². The number of aromatic nitrogens is 1. The van der Waals surface area contributed by atoms with E-state index < -0.39 is 5.60 Å². The average Bonchev–Trinajstić information content (AvgIpc) is 3.39. The van der Waals surface area contributed by atoms with Crippen molar-refractivity contribution in [2.75, 3.05) is 13.1 Å². The quantitative estimate of drug-likeness (QED) is 0.485. The highest BCUT2D eigenvalue weighted by Crippen LogP contribution is 2.37. The Hall–Kier alpha value is -3.69. The van der Waals surface area contributed by atoms with E-state index in [2.05, 4.69) is 15.5 Å². The zero-order chi connectivity index (χ0) is 28.7. The van der Waals surface area contributed by atoms with Crippen molar-refractivity contribution in [3.63, 3.8) is 0 Å². The molecule has 3 heterocycles. The predicted octanol–water partition coefficient (Wildman–Crippen LogP) is 6.16. The number of halogens is 1. The van der Waals surface area contributed by atoms with Crippen molar-refractivity contribution in [3.8, 4) is 0 Å². The molecule has 1 aromatic carbocycles. The molecule has 0 bridgehead atoms. The molecule has 2 amide bonds. The molecule has 0 radical (unpaired) electrons. The minimum absolute atomic E-state index is 0.0351. The Morgan fingerprint density at radius 1 is 1.13 bits per heavy atom. The van der Waals surface area contributed by atoms with Gasteiger partial charge in [-0.15, -0.1) is 0 Å². The monoisotopic (exact) mass is 542 g/mol. The molecule has 1 saturated heterocycles. The first-order valence-electron chi connectivity index (χ1n) is 13.5. The van der Waals surface area contributed by atoms with Crippen LogP contribution in [0, 0.1) is 11.7 Å². The fourth-order valence-electron chi connectivity index (χ4n) is 4.25. The van der Waals surface area contributed by atoms with E-state index in [0.717, 1.165) is 0 Å². The number of likely N-dealkylation sites (tertiary alicyclic amines) is 1. The number of hydrogen-bond donors (Lipinski definition) is 1. The van der Waals surface area contributed by atoms with Crippen LogP contribution in [0.5, 0.6) is 0 Å². The summed E-state index contributed by atoms with van der Waals surface area (Å²) in [5.74, 6) is 0.164. The van der Waals surface area contributed by atoms with Crippen molar-refractivity contribution in [1.82, 2.24) is 15.2 Å². The third kappa shape index (κ3) is 7.91. The van der Waals surface area contributed by atoms with E-state index >= 15 is 0 Å². The van der Waals surface area contributed by atoms with Gasteiger partial charge in [-0.3, -0.25) is 4.79 Å². The third-order valence-corrected chi connectivity index (χ3v) is 6.01. The highest BCUT2D eigenvalue weighted by atomic mass is 19.1. The number of oxazole rings is 1. The number of carbonyl (C=O) groups excluding carboxylic acids is 2. The standard InChI is InChI=1S/C27H33FN4O5.C2H6/c1-16(2)29-24(33)22-15-35-25(30-22)20-14-21(17-6-8-19(28)9-7-17)31-37-23(20)18-10-12-32(13-11-18)26(34)36-27(3,4)5;1-2/h6-9,15-16,18H,10-14H2,1-5H3,(H,29,33);1-2H3. The van der Waals surface area contributed by atoms with Gasteiger partial charge in [-0.1, -0.05) is 31.1 Å². The number of nitrogens with zero attached hydrogens (tertiary/aromatic N) is 3. The molecule has 0 spiro atoms. The van der Waals surface area contributed by atoms with Crippen LogP contribution in [0.25, 0.3) is 5.57 Å². The third-order valence-electron chi connectivity index (χ3n) is 6.01. The van der Waals surface area contributed by atoms with E-state index in [-0.39, 0.29) is 41.4 Å². The smallest absolute Gasteiger partial charge is 0.410 e. The SMILES string of the molecule is CC.CC(C)NC(=O)c1coc(C2=C(C3CCN(C(=O)OC(C)(C)C)CC3)ON=C(c3ccc(F)cc3)C2)n1. The van der Waals surface area contributed by atoms with E-state index in [0.29, 0.717) is 55.0 Å². The van der Waals surface area contributed by atoms with Crippen molar-refractivity contribution in [2.24, 2.45) is 11.1 Å². The van der Waals surface area contributed by atoms with Gasteiger partial charge in [-0.05, 0) is 65.2 Å². The largest absolute Gasteiger partial charge is 0.444 e. The Morgan fingerprint density at radius 2 is 1.77 bits per heavy atom. The maximum Gasteiger partial charge on any atom is 0.410 e. The summed E-state index contributed by atoms with van der Waals surface area (Å²) in [6.45, 7) is 14.3. The summed E-state index contributed by atoms with van der Waals surface area (Å²) in [6, 6.07) is 5.95. The van der Waals surface area contributed by atoms with Crippen molar-refractivity contribution in [3.05, 3.63) is 59.3 Å². The van der Waals surface area contributed by atoms with Gasteiger partial charge < -0.3 is 24.2 Å². The summed E-state index contributed by atoms with van der Waals surface area (Å²) in [6.07, 6.45) is 2.60. The first-order valence-corrected chi connectivity index (χ1v) is 13.5. The molecular weight excluding hydrogens is 503 g/mol. The van der Waals surface area contributed by atoms with Gasteiger partial charge in [0.1, 0.15) is 23.4 Å². The number of piperidine rings is 1. The first-order chi connectivity index (χ1) is 18.5. The lowest BCUT2D eigenvalue weighted by Gasteiger charge is -2.34. The summed E-state index contributed by atoms with van der Waals surface area (Å²) in [7, 11) is 0. The summed E-state index contributed by atoms with van der Waals surface area (Å²) < 4.78 is 24.7. The number of oxime groups is 1. The van der Waals surface area contributed by atoms with Gasteiger partial charge in [-0.2, -0.15) is 0 Å². The molecule has 4 rings (SSSR count). The normalized spacial score (nSPS) is 16.2. The molecule has 2 aliphatic rings. The molecule has 212 valence electrons. The zero-order valence-electron chi connectivity index (χ0n) is 23.8. The van der Waals surface area contributed by atoms with Gasteiger partial charge in [0.25, 0.3) is 5.91 Å². The lowest BCUT2D eigenvalue weighted by Crippen LogP contribution is -2.42. The number of rotatable bonds is 5. The van der Waals surface area contributed by atoms with E-state index in [9.17, 15) is 14.0 Å². The van der Waals surface area contributed by atoms with Crippen LogP contribution in [-0.4, -0.2) is 52.3 Å². The minimum Gasteiger partial charge on any atom is -0.444 e. The molecule has 0 unspecified atom stereocenters. The van der Waals surface area contributed by atoms with Gasteiger partial charge in [0, 0.05) is 31.5 Å². The summed E-state index contributed by atoms with van der Waals surface area (Å²) in [5.41, 5.74) is 1.58. The van der Waals surface area contributed by atoms with E-state index in [1.807, 2.05) is 48.5 Å².